The van der Waals surface area contributed by atoms with Gasteiger partial charge in [0.25, 0.3) is 20.3 Å². The van der Waals surface area contributed by atoms with Gasteiger partial charge in [-0.15, -0.1) is 10.2 Å². The van der Waals surface area contributed by atoms with Gasteiger partial charge in [-0.3, -0.25) is 24.1 Å². The molecule has 12 nitrogen and oxygen atoms in total. The van der Waals surface area contributed by atoms with Crippen LogP contribution in [0.15, 0.2) is 28.6 Å². The molecule has 186 valence electrons. The van der Waals surface area contributed by atoms with Crippen LogP contribution in [0.2, 0.25) is 0 Å². The van der Waals surface area contributed by atoms with Crippen LogP contribution in [0.3, 0.4) is 0 Å². The number of carbonyl (C=O) groups excluding carboxylic acids is 4. The molecule has 4 rings (SSSR count). The molecule has 1 aromatic carbocycles. The maximum absolute atomic E-state index is 13.2. The number of nitrogens with zero attached hydrogens (tertiary/aromatic N) is 4. The lowest BCUT2D eigenvalue weighted by atomic mass is 9.98. The topological polar surface area (TPSA) is 159 Å². The summed E-state index contributed by atoms with van der Waals surface area (Å²) >= 11 is 0.629. The molecule has 1 atom stereocenters. The van der Waals surface area contributed by atoms with Gasteiger partial charge in [0.15, 0.2) is 0 Å². The van der Waals surface area contributed by atoms with E-state index in [1.165, 1.54) is 0 Å². The lowest BCUT2D eigenvalue weighted by molar-refractivity contribution is -0.120. The third-order valence-corrected chi connectivity index (χ3v) is 8.56. The molecule has 2 N–H and O–H groups in total. The Hall–Kier alpha value is -3.39. The second kappa shape index (κ2) is 9.34. The first kappa shape index (κ1) is 24.7. The smallest absolute Gasteiger partial charge is 0.293 e. The van der Waals surface area contributed by atoms with E-state index in [1.54, 1.807) is 41.0 Å². The average molecular weight is 521 g/mol. The van der Waals surface area contributed by atoms with Crippen LogP contribution < -0.4 is 14.9 Å². The Morgan fingerprint density at radius 3 is 2.66 bits per heavy atom. The fourth-order valence-corrected chi connectivity index (χ4v) is 6.19. The zero-order chi connectivity index (χ0) is 25.4. The van der Waals surface area contributed by atoms with E-state index in [1.807, 2.05) is 11.6 Å². The predicted molar refractivity (Wildman–Crippen MR) is 126 cm³/mol. The molecule has 0 bridgehead atoms. The van der Waals surface area contributed by atoms with E-state index >= 15 is 0 Å². The summed E-state index contributed by atoms with van der Waals surface area (Å²) in [6, 6.07) is 6.91. The molecule has 1 saturated heterocycles. The van der Waals surface area contributed by atoms with Gasteiger partial charge in [-0.05, 0) is 31.9 Å². The van der Waals surface area contributed by atoms with E-state index in [2.05, 4.69) is 15.5 Å². The Kier molecular flexibility index (Phi) is 6.60. The van der Waals surface area contributed by atoms with Gasteiger partial charge in [-0.1, -0.05) is 30.4 Å². The molecular weight excluding hydrogens is 496 g/mol. The highest BCUT2D eigenvalue weighted by Crippen LogP contribution is 2.44. The summed E-state index contributed by atoms with van der Waals surface area (Å²) in [6.07, 6.45) is 0.957. The number of aromatic nitrogens is 2. The molecule has 0 spiro atoms. The summed E-state index contributed by atoms with van der Waals surface area (Å²) < 4.78 is 26.4. The lowest BCUT2D eigenvalue weighted by Gasteiger charge is -2.48. The van der Waals surface area contributed by atoms with Crippen LogP contribution in [-0.2, 0) is 24.4 Å². The number of fused-ring (bicyclic) bond motifs is 3. The van der Waals surface area contributed by atoms with E-state index in [0.29, 0.717) is 35.4 Å². The Balaban J connectivity index is 1.40. The third kappa shape index (κ3) is 4.62. The molecule has 35 heavy (non-hydrogen) atoms. The van der Waals surface area contributed by atoms with E-state index in [4.69, 9.17) is 0 Å². The molecular formula is C21H24N6O6S2. The van der Waals surface area contributed by atoms with Gasteiger partial charge in [-0.25, -0.2) is 4.72 Å². The number of sulfonamides is 1. The van der Waals surface area contributed by atoms with Crippen molar-refractivity contribution in [3.63, 3.8) is 0 Å². The fraction of sp³-hybridized carbons (Fsp3) is 0.429. The van der Waals surface area contributed by atoms with Gasteiger partial charge in [-0.2, -0.15) is 8.42 Å². The molecule has 2 aliphatic rings. The number of carbonyl (C=O) groups is 4. The highest BCUT2D eigenvalue weighted by molar-refractivity contribution is 7.92. The Morgan fingerprint density at radius 2 is 1.91 bits per heavy atom. The maximum Gasteiger partial charge on any atom is 0.293 e. The zero-order valence-corrected chi connectivity index (χ0v) is 20.7. The molecule has 4 amide bonds. The van der Waals surface area contributed by atoms with Crippen molar-refractivity contribution in [1.82, 2.24) is 19.8 Å². The van der Waals surface area contributed by atoms with Crippen LogP contribution in [0.1, 0.15) is 56.3 Å². The van der Waals surface area contributed by atoms with Gasteiger partial charge in [0, 0.05) is 25.8 Å². The number of nitrogens with one attached hydrogen (secondary N) is 2. The Bertz CT molecular complexity index is 1310. The number of anilines is 2. The molecule has 1 fully saturated rings. The number of benzene rings is 1. The number of hydrogen-bond acceptors (Lipinski definition) is 9. The van der Waals surface area contributed by atoms with Crippen molar-refractivity contribution in [3.05, 3.63) is 29.8 Å². The number of para-hydroxylation sites is 1. The summed E-state index contributed by atoms with van der Waals surface area (Å²) in [6.45, 7) is 3.61. The van der Waals surface area contributed by atoms with Crippen LogP contribution >= 0.6 is 11.3 Å². The summed E-state index contributed by atoms with van der Waals surface area (Å²) in [7, 11) is -4.26. The second-order valence-corrected chi connectivity index (χ2v) is 11.2. The minimum atomic E-state index is -4.26. The van der Waals surface area contributed by atoms with Crippen LogP contribution in [0.25, 0.3) is 0 Å². The van der Waals surface area contributed by atoms with Crippen molar-refractivity contribution < 1.29 is 27.6 Å². The number of hydrogen-bond donors (Lipinski definition) is 2. The number of rotatable bonds is 8. The summed E-state index contributed by atoms with van der Waals surface area (Å²) in [5.41, 5.74) is 0.139. The monoisotopic (exact) mass is 520 g/mol. The largest absolute Gasteiger partial charge is 0.315 e. The SMILES string of the molecule is CCC(=O)Nc1nnc(S(=O)(=O)NC(=O)CCCN2C(=O)c3ccccc3N3C(=O)CCC23C)s1. The normalized spacial score (nSPS) is 19.4. The maximum atomic E-state index is 13.2. The van der Waals surface area contributed by atoms with E-state index < -0.39 is 25.9 Å². The minimum absolute atomic E-state index is 0.0116. The molecule has 3 heterocycles. The summed E-state index contributed by atoms with van der Waals surface area (Å²) in [5, 5.41) is 9.55. The second-order valence-electron chi connectivity index (χ2n) is 8.33. The fourth-order valence-electron chi connectivity index (χ4n) is 4.26. The van der Waals surface area contributed by atoms with E-state index in [9.17, 15) is 27.6 Å². The quantitative estimate of drug-likeness (QED) is 0.495. The third-order valence-electron chi connectivity index (χ3n) is 5.98. The molecule has 14 heteroatoms. The first-order chi connectivity index (χ1) is 16.6. The molecule has 0 radical (unpaired) electrons. The van der Waals surface area contributed by atoms with Crippen molar-refractivity contribution in [2.75, 3.05) is 16.8 Å². The Morgan fingerprint density at radius 1 is 1.17 bits per heavy atom. The molecule has 2 aromatic rings. The van der Waals surface area contributed by atoms with Crippen LogP contribution in [0.5, 0.6) is 0 Å². The van der Waals surface area contributed by atoms with Crippen molar-refractivity contribution in [1.29, 1.82) is 0 Å². The number of amides is 4. The standard InChI is InChI=1S/C21H24N6O6S2/c1-3-15(28)22-19-23-24-20(34-19)35(32,33)25-16(29)9-6-12-26-18(31)13-7-4-5-8-14(13)27-17(30)10-11-21(26,27)2/h4-5,7-8H,3,6,9-12H2,1-2H3,(H,25,29)(H,22,23,28). The summed E-state index contributed by atoms with van der Waals surface area (Å²) in [5.74, 6) is -1.43. The van der Waals surface area contributed by atoms with Crippen molar-refractivity contribution in [3.8, 4) is 0 Å². The first-order valence-corrected chi connectivity index (χ1v) is 13.3. The lowest BCUT2D eigenvalue weighted by Crippen LogP contribution is -2.62. The first-order valence-electron chi connectivity index (χ1n) is 11.0. The van der Waals surface area contributed by atoms with E-state index in [-0.39, 0.29) is 48.7 Å². The summed E-state index contributed by atoms with van der Waals surface area (Å²) in [4.78, 5) is 52.8. The van der Waals surface area contributed by atoms with Crippen LogP contribution in [-0.4, -0.2) is 59.4 Å². The molecule has 0 aliphatic carbocycles. The van der Waals surface area contributed by atoms with Gasteiger partial charge >= 0.3 is 0 Å². The van der Waals surface area contributed by atoms with E-state index in [0.717, 1.165) is 0 Å². The van der Waals surface area contributed by atoms with Gasteiger partial charge in [0.05, 0.1) is 11.3 Å². The molecule has 1 aromatic heterocycles. The Labute approximate surface area is 205 Å². The van der Waals surface area contributed by atoms with Gasteiger partial charge in [0.2, 0.25) is 22.9 Å². The van der Waals surface area contributed by atoms with Crippen molar-refractivity contribution in [2.24, 2.45) is 0 Å². The van der Waals surface area contributed by atoms with Crippen LogP contribution in [0, 0.1) is 0 Å². The molecule has 1 unspecified atom stereocenters. The van der Waals surface area contributed by atoms with Gasteiger partial charge < -0.3 is 10.2 Å². The van der Waals surface area contributed by atoms with Crippen molar-refractivity contribution >= 4 is 55.8 Å². The molecule has 0 saturated carbocycles. The zero-order valence-electron chi connectivity index (χ0n) is 19.1. The van der Waals surface area contributed by atoms with Crippen molar-refractivity contribution in [2.45, 2.75) is 56.0 Å². The predicted octanol–water partition coefficient (Wildman–Crippen LogP) is 1.47. The average Bonchev–Trinajstić information content (AvgIpc) is 3.41. The van der Waals surface area contributed by atoms with Crippen LogP contribution in [0.4, 0.5) is 10.8 Å². The highest BCUT2D eigenvalue weighted by Gasteiger charge is 2.52. The highest BCUT2D eigenvalue weighted by atomic mass is 32.2. The minimum Gasteiger partial charge on any atom is -0.315 e. The van der Waals surface area contributed by atoms with Gasteiger partial charge in [0.1, 0.15) is 5.66 Å². The molecule has 2 aliphatic heterocycles.